The van der Waals surface area contributed by atoms with Crippen LogP contribution in [0.15, 0.2) is 158 Å². The maximum atomic E-state index is 4.98. The summed E-state index contributed by atoms with van der Waals surface area (Å²) in [7, 11) is 0. The van der Waals surface area contributed by atoms with Crippen LogP contribution >= 0.6 is 0 Å². The maximum Gasteiger partial charge on any atom is 0.164 e. The molecule has 49 heavy (non-hydrogen) atoms. The van der Waals surface area contributed by atoms with E-state index in [2.05, 4.69) is 128 Å². The van der Waals surface area contributed by atoms with E-state index >= 15 is 0 Å². The van der Waals surface area contributed by atoms with Crippen molar-refractivity contribution in [2.45, 2.75) is 19.3 Å². The van der Waals surface area contributed by atoms with Gasteiger partial charge in [-0.3, -0.25) is 4.98 Å². The normalized spacial score (nSPS) is 12.9. The molecule has 0 spiro atoms. The van der Waals surface area contributed by atoms with Crippen molar-refractivity contribution >= 4 is 10.8 Å². The van der Waals surface area contributed by atoms with Gasteiger partial charge >= 0.3 is 0 Å². The number of nitrogens with zero attached hydrogens (tertiary/aromatic N) is 4. The minimum atomic E-state index is -0.104. The number of benzene rings is 6. The van der Waals surface area contributed by atoms with Crippen molar-refractivity contribution in [3.05, 3.63) is 169 Å². The molecule has 9 rings (SSSR count). The van der Waals surface area contributed by atoms with Crippen molar-refractivity contribution in [3.63, 3.8) is 0 Å². The molecule has 1 aliphatic carbocycles. The lowest BCUT2D eigenvalue weighted by molar-refractivity contribution is 0.666. The van der Waals surface area contributed by atoms with Crippen molar-refractivity contribution in [2.24, 2.45) is 0 Å². The minimum absolute atomic E-state index is 0.104. The monoisotopic (exact) mass is 628 g/mol. The van der Waals surface area contributed by atoms with E-state index in [0.29, 0.717) is 17.5 Å². The lowest BCUT2D eigenvalue weighted by Crippen LogP contribution is -2.15. The highest BCUT2D eigenvalue weighted by atomic mass is 15.0. The van der Waals surface area contributed by atoms with Crippen molar-refractivity contribution in [2.75, 3.05) is 0 Å². The minimum Gasteiger partial charge on any atom is -0.264 e. The van der Waals surface area contributed by atoms with Crippen LogP contribution in [0.4, 0.5) is 0 Å². The maximum absolute atomic E-state index is 4.98. The Labute approximate surface area is 285 Å². The van der Waals surface area contributed by atoms with E-state index in [4.69, 9.17) is 15.0 Å². The topological polar surface area (TPSA) is 51.6 Å². The molecular weight excluding hydrogens is 597 g/mol. The molecule has 1 aliphatic rings. The summed E-state index contributed by atoms with van der Waals surface area (Å²) in [6.45, 7) is 4.71. The van der Waals surface area contributed by atoms with Crippen LogP contribution in [0.3, 0.4) is 0 Å². The summed E-state index contributed by atoms with van der Waals surface area (Å²) < 4.78 is 0. The van der Waals surface area contributed by atoms with Gasteiger partial charge in [0.05, 0.1) is 0 Å². The molecule has 4 nitrogen and oxygen atoms in total. The highest BCUT2D eigenvalue weighted by Gasteiger charge is 2.37. The predicted molar refractivity (Wildman–Crippen MR) is 200 cm³/mol. The first-order chi connectivity index (χ1) is 24.0. The zero-order valence-corrected chi connectivity index (χ0v) is 27.3. The van der Waals surface area contributed by atoms with E-state index in [1.807, 2.05) is 42.6 Å². The van der Waals surface area contributed by atoms with Gasteiger partial charge in [0.1, 0.15) is 0 Å². The van der Waals surface area contributed by atoms with Gasteiger partial charge in [-0.1, -0.05) is 147 Å². The fourth-order valence-electron chi connectivity index (χ4n) is 7.29. The highest BCUT2D eigenvalue weighted by molar-refractivity contribution is 5.98. The molecule has 4 heteroatoms. The quantitative estimate of drug-likeness (QED) is 0.190. The number of pyridine rings is 1. The van der Waals surface area contributed by atoms with Crippen molar-refractivity contribution in [3.8, 4) is 67.5 Å². The average molecular weight is 629 g/mol. The second-order valence-corrected chi connectivity index (χ2v) is 13.2. The highest BCUT2D eigenvalue weighted by Crippen LogP contribution is 2.52. The van der Waals surface area contributed by atoms with E-state index < -0.39 is 0 Å². The molecule has 0 radical (unpaired) electrons. The van der Waals surface area contributed by atoms with Crippen molar-refractivity contribution < 1.29 is 0 Å². The standard InChI is InChI=1S/C45H32N4/c1-45(2)40-27-35(23-24-38(40)39-25-22-31-9-6-7-13-37(31)41(39)45)29-14-18-33(19-15-29)43-47-42(32-10-4-3-5-11-32)48-44(49-43)34-20-16-30(17-21-34)36-12-8-26-46-28-36/h3-28H,1-2H3. The Hall–Kier alpha value is -6.26. The lowest BCUT2D eigenvalue weighted by Gasteiger charge is -2.23. The van der Waals surface area contributed by atoms with E-state index in [1.165, 1.54) is 38.6 Å². The Morgan fingerprint density at radius 2 is 0.959 bits per heavy atom. The van der Waals surface area contributed by atoms with Crippen LogP contribution in [-0.4, -0.2) is 19.9 Å². The molecule has 0 fully saturated rings. The third kappa shape index (κ3) is 5.01. The van der Waals surface area contributed by atoms with E-state index in [1.54, 1.807) is 6.20 Å². The summed E-state index contributed by atoms with van der Waals surface area (Å²) in [6, 6.07) is 51.2. The first-order valence-corrected chi connectivity index (χ1v) is 16.6. The fraction of sp³-hybridized carbons (Fsp3) is 0.0667. The average Bonchev–Trinajstić information content (AvgIpc) is 3.41. The Balaban J connectivity index is 1.08. The Morgan fingerprint density at radius 3 is 1.61 bits per heavy atom. The summed E-state index contributed by atoms with van der Waals surface area (Å²) in [5.41, 5.74) is 12.7. The molecule has 0 amide bonds. The molecule has 0 saturated heterocycles. The number of rotatable bonds is 5. The van der Waals surface area contributed by atoms with Gasteiger partial charge in [-0.25, -0.2) is 15.0 Å². The van der Waals surface area contributed by atoms with Crippen LogP contribution in [0.5, 0.6) is 0 Å². The van der Waals surface area contributed by atoms with Crippen molar-refractivity contribution in [1.82, 2.24) is 19.9 Å². The summed E-state index contributed by atoms with van der Waals surface area (Å²) in [4.78, 5) is 19.1. The lowest BCUT2D eigenvalue weighted by atomic mass is 9.79. The van der Waals surface area contributed by atoms with E-state index in [9.17, 15) is 0 Å². The third-order valence-corrected chi connectivity index (χ3v) is 9.82. The molecule has 0 bridgehead atoms. The molecular formula is C45H32N4. The number of fused-ring (bicyclic) bond motifs is 5. The summed E-state index contributed by atoms with van der Waals surface area (Å²) >= 11 is 0. The Morgan fingerprint density at radius 1 is 0.429 bits per heavy atom. The van der Waals surface area contributed by atoms with Crippen LogP contribution in [0.1, 0.15) is 25.0 Å². The molecule has 232 valence electrons. The van der Waals surface area contributed by atoms with Crippen LogP contribution in [0.25, 0.3) is 78.3 Å². The largest absolute Gasteiger partial charge is 0.264 e. The summed E-state index contributed by atoms with van der Waals surface area (Å²) in [5.74, 6) is 1.93. The first kappa shape index (κ1) is 28.9. The molecule has 6 aromatic carbocycles. The van der Waals surface area contributed by atoms with Crippen LogP contribution in [-0.2, 0) is 5.41 Å². The SMILES string of the molecule is CC1(C)c2cc(-c3ccc(-c4nc(-c5ccccc5)nc(-c5ccc(-c6cccnc6)cc5)n4)cc3)ccc2-c2ccc3ccccc3c21. The smallest absolute Gasteiger partial charge is 0.164 e. The fourth-order valence-corrected chi connectivity index (χ4v) is 7.29. The van der Waals surface area contributed by atoms with E-state index in [-0.39, 0.29) is 5.41 Å². The van der Waals surface area contributed by atoms with Gasteiger partial charge in [-0.2, -0.15) is 0 Å². The van der Waals surface area contributed by atoms with Gasteiger partial charge in [0, 0.05) is 34.5 Å². The zero-order chi connectivity index (χ0) is 33.0. The molecule has 0 saturated carbocycles. The van der Waals surface area contributed by atoms with Crippen LogP contribution < -0.4 is 0 Å². The predicted octanol–water partition coefficient (Wildman–Crippen LogP) is 11.1. The molecule has 0 N–H and O–H groups in total. The molecule has 2 heterocycles. The molecule has 0 aliphatic heterocycles. The van der Waals surface area contributed by atoms with Gasteiger partial charge in [-0.05, 0) is 67.4 Å². The van der Waals surface area contributed by atoms with Crippen LogP contribution in [0, 0.1) is 0 Å². The van der Waals surface area contributed by atoms with Crippen molar-refractivity contribution in [1.29, 1.82) is 0 Å². The number of hydrogen-bond acceptors (Lipinski definition) is 4. The summed E-state index contributed by atoms with van der Waals surface area (Å²) in [5, 5.41) is 2.62. The zero-order valence-electron chi connectivity index (χ0n) is 27.3. The second kappa shape index (κ2) is 11.5. The van der Waals surface area contributed by atoms with Gasteiger partial charge in [0.2, 0.25) is 0 Å². The molecule has 0 unspecified atom stereocenters. The molecule has 0 atom stereocenters. The number of aromatic nitrogens is 4. The van der Waals surface area contributed by atoms with Gasteiger partial charge in [-0.15, -0.1) is 0 Å². The van der Waals surface area contributed by atoms with Gasteiger partial charge < -0.3 is 0 Å². The van der Waals surface area contributed by atoms with Gasteiger partial charge in [0.25, 0.3) is 0 Å². The number of hydrogen-bond donors (Lipinski definition) is 0. The molecule has 2 aromatic heterocycles. The summed E-state index contributed by atoms with van der Waals surface area (Å²) in [6.07, 6.45) is 3.66. The first-order valence-electron chi connectivity index (χ1n) is 16.6. The van der Waals surface area contributed by atoms with Gasteiger partial charge in [0.15, 0.2) is 17.5 Å². The van der Waals surface area contributed by atoms with Crippen LogP contribution in [0.2, 0.25) is 0 Å². The Bertz CT molecular complexity index is 2490. The Kier molecular flexibility index (Phi) is 6.77. The third-order valence-electron chi connectivity index (χ3n) is 9.82. The van der Waals surface area contributed by atoms with E-state index in [0.717, 1.165) is 33.4 Å². The second-order valence-electron chi connectivity index (χ2n) is 13.2. The molecule has 8 aromatic rings.